The Bertz CT molecular complexity index is 1420. The summed E-state index contributed by atoms with van der Waals surface area (Å²) in [6, 6.07) is 17.7. The van der Waals surface area contributed by atoms with E-state index in [9.17, 15) is 14.0 Å². The van der Waals surface area contributed by atoms with Gasteiger partial charge in [0.25, 0.3) is 11.5 Å². The largest absolute Gasteiger partial charge is 0.463 e. The highest BCUT2D eigenvalue weighted by molar-refractivity contribution is 6.31. The molecule has 0 spiro atoms. The Labute approximate surface area is 218 Å². The van der Waals surface area contributed by atoms with Crippen LogP contribution in [0.15, 0.2) is 71.7 Å². The number of benzene rings is 2. The topological polar surface area (TPSA) is 98.2 Å². The van der Waals surface area contributed by atoms with Crippen molar-refractivity contribution in [3.8, 4) is 5.75 Å². The number of alkyl halides is 1. The highest BCUT2D eigenvalue weighted by Gasteiger charge is 2.21. The fourth-order valence-corrected chi connectivity index (χ4v) is 4.19. The van der Waals surface area contributed by atoms with Crippen molar-refractivity contribution in [3.05, 3.63) is 116 Å². The molecule has 2 aromatic carbocycles. The predicted molar refractivity (Wildman–Crippen MR) is 138 cm³/mol. The van der Waals surface area contributed by atoms with E-state index in [1.54, 1.807) is 42.1 Å². The summed E-state index contributed by atoms with van der Waals surface area (Å²) in [6.07, 6.45) is 2.19. The van der Waals surface area contributed by atoms with E-state index >= 15 is 0 Å². The molecule has 37 heavy (non-hydrogen) atoms. The summed E-state index contributed by atoms with van der Waals surface area (Å²) in [7, 11) is 1.56. The second-order valence-electron chi connectivity index (χ2n) is 8.28. The van der Waals surface area contributed by atoms with Crippen LogP contribution in [-0.2, 0) is 30.9 Å². The Morgan fingerprint density at radius 1 is 1.08 bits per heavy atom. The third kappa shape index (κ3) is 6.44. The maximum atomic E-state index is 13.1. The summed E-state index contributed by atoms with van der Waals surface area (Å²) in [5.41, 5.74) is 3.96. The molecule has 0 aliphatic heterocycles. The molecule has 192 valence electrons. The van der Waals surface area contributed by atoms with Crippen molar-refractivity contribution in [2.75, 3.05) is 14.0 Å². The van der Waals surface area contributed by atoms with Gasteiger partial charge in [0.2, 0.25) is 6.86 Å². The second kappa shape index (κ2) is 12.3. The van der Waals surface area contributed by atoms with Crippen LogP contribution in [0.4, 0.5) is 4.39 Å². The maximum Gasteiger partial charge on any atom is 0.272 e. The zero-order valence-electron chi connectivity index (χ0n) is 20.2. The molecule has 0 radical (unpaired) electrons. The molecule has 0 saturated carbocycles. The molecular formula is C27H26ClFN4O4. The Hall–Kier alpha value is -3.95. The van der Waals surface area contributed by atoms with Crippen LogP contribution in [-0.4, -0.2) is 34.6 Å². The van der Waals surface area contributed by atoms with Crippen molar-refractivity contribution in [3.63, 3.8) is 0 Å². The molecule has 0 bridgehead atoms. The van der Waals surface area contributed by atoms with Crippen LogP contribution in [0.5, 0.6) is 5.75 Å². The van der Waals surface area contributed by atoms with Crippen LogP contribution in [0.25, 0.3) is 0 Å². The SMILES string of the molecule is COCc1[nH]nc(C(=O)NCc2c(Cl)cccc2OCF)c1Cc1ccc(Cn2ccccc2=O)cc1. The van der Waals surface area contributed by atoms with Gasteiger partial charge in [-0.15, -0.1) is 0 Å². The number of halogens is 2. The number of carbonyl (C=O) groups excluding carboxylic acids is 1. The molecule has 0 fully saturated rings. The van der Waals surface area contributed by atoms with Gasteiger partial charge in [-0.3, -0.25) is 14.7 Å². The number of ether oxygens (including phenoxy) is 2. The molecule has 1 amide bonds. The predicted octanol–water partition coefficient (Wildman–Crippen LogP) is 4.25. The molecule has 0 saturated heterocycles. The lowest BCUT2D eigenvalue weighted by Crippen LogP contribution is -2.25. The highest BCUT2D eigenvalue weighted by Crippen LogP contribution is 2.27. The number of rotatable bonds is 11. The van der Waals surface area contributed by atoms with Crippen molar-refractivity contribution < 1.29 is 18.7 Å². The second-order valence-corrected chi connectivity index (χ2v) is 8.68. The molecule has 8 nitrogen and oxygen atoms in total. The standard InChI is InChI=1S/C27H26ClFN4O4/c1-36-16-23-20(13-18-8-10-19(11-9-18)15-33-12-3-2-7-25(33)34)26(32-31-23)27(35)30-14-21-22(28)5-4-6-24(21)37-17-29/h2-12H,13-17H2,1H3,(H,30,35)(H,31,32). The molecule has 2 aromatic heterocycles. The Kier molecular flexibility index (Phi) is 8.71. The van der Waals surface area contributed by atoms with Gasteiger partial charge in [0.15, 0.2) is 5.69 Å². The van der Waals surface area contributed by atoms with E-state index in [1.807, 2.05) is 30.3 Å². The number of pyridine rings is 1. The van der Waals surface area contributed by atoms with E-state index in [1.165, 1.54) is 6.07 Å². The average Bonchev–Trinajstić information content (AvgIpc) is 3.28. The molecule has 4 aromatic rings. The molecule has 0 unspecified atom stereocenters. The van der Waals surface area contributed by atoms with Crippen LogP contribution in [0.2, 0.25) is 5.02 Å². The zero-order chi connectivity index (χ0) is 26.2. The van der Waals surface area contributed by atoms with Gasteiger partial charge < -0.3 is 19.4 Å². The van der Waals surface area contributed by atoms with Crippen molar-refractivity contribution in [1.29, 1.82) is 0 Å². The first kappa shape index (κ1) is 26.1. The number of aromatic amines is 1. The van der Waals surface area contributed by atoms with E-state index in [-0.39, 0.29) is 30.2 Å². The molecule has 10 heteroatoms. The van der Waals surface area contributed by atoms with E-state index in [0.29, 0.717) is 34.8 Å². The summed E-state index contributed by atoms with van der Waals surface area (Å²) in [4.78, 5) is 25.1. The lowest BCUT2D eigenvalue weighted by atomic mass is 10.0. The van der Waals surface area contributed by atoms with E-state index in [4.69, 9.17) is 21.1 Å². The lowest BCUT2D eigenvalue weighted by Gasteiger charge is -2.12. The monoisotopic (exact) mass is 524 g/mol. The minimum absolute atomic E-state index is 0.0350. The van der Waals surface area contributed by atoms with Gasteiger partial charge in [0, 0.05) is 48.5 Å². The lowest BCUT2D eigenvalue weighted by molar-refractivity contribution is 0.0944. The number of nitrogens with one attached hydrogen (secondary N) is 2. The molecule has 0 aliphatic carbocycles. The van der Waals surface area contributed by atoms with Gasteiger partial charge >= 0.3 is 0 Å². The summed E-state index contributed by atoms with van der Waals surface area (Å²) in [6.45, 7) is -0.257. The van der Waals surface area contributed by atoms with Gasteiger partial charge in [-0.1, -0.05) is 48.0 Å². The minimum atomic E-state index is -1.01. The van der Waals surface area contributed by atoms with Crippen LogP contribution >= 0.6 is 11.6 Å². The number of nitrogens with zero attached hydrogens (tertiary/aromatic N) is 2. The van der Waals surface area contributed by atoms with E-state index in [0.717, 1.165) is 11.1 Å². The number of H-pyrrole nitrogens is 1. The summed E-state index contributed by atoms with van der Waals surface area (Å²) < 4.78 is 24.6. The van der Waals surface area contributed by atoms with Crippen LogP contribution in [0.1, 0.15) is 38.4 Å². The van der Waals surface area contributed by atoms with Gasteiger partial charge in [-0.25, -0.2) is 4.39 Å². The van der Waals surface area contributed by atoms with Gasteiger partial charge in [0.1, 0.15) is 5.75 Å². The third-order valence-electron chi connectivity index (χ3n) is 5.82. The first-order valence-corrected chi connectivity index (χ1v) is 11.9. The number of hydrogen-bond donors (Lipinski definition) is 2. The van der Waals surface area contributed by atoms with E-state index in [2.05, 4.69) is 15.5 Å². The van der Waals surface area contributed by atoms with Gasteiger partial charge in [-0.05, 0) is 29.3 Å². The summed E-state index contributed by atoms with van der Waals surface area (Å²) >= 11 is 6.24. The van der Waals surface area contributed by atoms with E-state index < -0.39 is 12.8 Å². The number of aromatic nitrogens is 3. The number of methoxy groups -OCH3 is 1. The Balaban J connectivity index is 1.51. The fourth-order valence-electron chi connectivity index (χ4n) is 3.95. The number of amides is 1. The van der Waals surface area contributed by atoms with Crippen molar-refractivity contribution in [2.45, 2.75) is 26.1 Å². The minimum Gasteiger partial charge on any atom is -0.463 e. The van der Waals surface area contributed by atoms with Crippen LogP contribution in [0.3, 0.4) is 0 Å². The number of carbonyl (C=O) groups is 1. The molecule has 0 aliphatic rings. The Morgan fingerprint density at radius 2 is 1.86 bits per heavy atom. The van der Waals surface area contributed by atoms with Gasteiger partial charge in [0.05, 0.1) is 18.8 Å². The smallest absolute Gasteiger partial charge is 0.272 e. The van der Waals surface area contributed by atoms with Crippen LogP contribution in [0, 0.1) is 0 Å². The Morgan fingerprint density at radius 3 is 2.59 bits per heavy atom. The average molecular weight is 525 g/mol. The summed E-state index contributed by atoms with van der Waals surface area (Å²) in [5, 5.41) is 10.3. The van der Waals surface area contributed by atoms with Crippen molar-refractivity contribution in [2.24, 2.45) is 0 Å². The molecule has 0 atom stereocenters. The zero-order valence-corrected chi connectivity index (χ0v) is 20.9. The first-order valence-electron chi connectivity index (χ1n) is 11.5. The molecular weight excluding hydrogens is 499 g/mol. The van der Waals surface area contributed by atoms with Crippen LogP contribution < -0.4 is 15.6 Å². The van der Waals surface area contributed by atoms with Gasteiger partial charge in [-0.2, -0.15) is 5.10 Å². The molecule has 2 N–H and O–H groups in total. The highest BCUT2D eigenvalue weighted by atomic mass is 35.5. The maximum absolute atomic E-state index is 13.1. The molecule has 4 rings (SSSR count). The number of hydrogen-bond acceptors (Lipinski definition) is 5. The normalized spacial score (nSPS) is 10.9. The quantitative estimate of drug-likeness (QED) is 0.306. The summed E-state index contributed by atoms with van der Waals surface area (Å²) in [5.74, 6) is -0.157. The first-order chi connectivity index (χ1) is 18.0. The van der Waals surface area contributed by atoms with Crippen molar-refractivity contribution in [1.82, 2.24) is 20.1 Å². The third-order valence-corrected chi connectivity index (χ3v) is 6.18. The fraction of sp³-hybridized carbons (Fsp3) is 0.222. The van der Waals surface area contributed by atoms with Crippen molar-refractivity contribution >= 4 is 17.5 Å². The molecule has 2 heterocycles.